The van der Waals surface area contributed by atoms with Crippen LogP contribution in [0.2, 0.25) is 0 Å². The van der Waals surface area contributed by atoms with E-state index in [2.05, 4.69) is 27.8 Å². The molecule has 98 valence electrons. The number of amides is 1. The quantitative estimate of drug-likeness (QED) is 0.888. The highest BCUT2D eigenvalue weighted by Gasteiger charge is 2.32. The summed E-state index contributed by atoms with van der Waals surface area (Å²) in [5.74, 6) is 1.28. The Morgan fingerprint density at radius 2 is 2.26 bits per heavy atom. The first kappa shape index (κ1) is 11.8. The van der Waals surface area contributed by atoms with Gasteiger partial charge in [-0.2, -0.15) is 4.68 Å². The number of tetrazole rings is 1. The minimum atomic E-state index is -0.0785. The molecule has 0 aliphatic heterocycles. The molecule has 1 aromatic heterocycles. The molecule has 1 saturated carbocycles. The molecule has 2 atom stereocenters. The summed E-state index contributed by atoms with van der Waals surface area (Å²) in [6, 6.07) is 7.30. The summed E-state index contributed by atoms with van der Waals surface area (Å²) < 4.78 is 1.49. The van der Waals surface area contributed by atoms with E-state index in [0.717, 1.165) is 12.5 Å². The maximum Gasteiger partial charge on any atom is 0.253 e. The van der Waals surface area contributed by atoms with Gasteiger partial charge >= 0.3 is 0 Å². The van der Waals surface area contributed by atoms with Crippen LogP contribution in [0.3, 0.4) is 0 Å². The van der Waals surface area contributed by atoms with E-state index in [9.17, 15) is 4.79 Å². The lowest BCUT2D eigenvalue weighted by Crippen LogP contribution is -2.27. The largest absolute Gasteiger partial charge is 0.352 e. The van der Waals surface area contributed by atoms with Gasteiger partial charge in [0.05, 0.1) is 11.3 Å². The van der Waals surface area contributed by atoms with Crippen molar-refractivity contribution < 1.29 is 4.79 Å². The van der Waals surface area contributed by atoms with Crippen LogP contribution in [-0.2, 0) is 0 Å². The second-order valence-electron chi connectivity index (χ2n) is 4.95. The fourth-order valence-electron chi connectivity index (χ4n) is 2.14. The summed E-state index contributed by atoms with van der Waals surface area (Å²) >= 11 is 0. The average Bonchev–Trinajstić information content (AvgIpc) is 2.93. The maximum atomic E-state index is 12.2. The van der Waals surface area contributed by atoms with Crippen LogP contribution >= 0.6 is 0 Å². The second kappa shape index (κ2) is 4.79. The van der Waals surface area contributed by atoms with Gasteiger partial charge in [-0.3, -0.25) is 4.79 Å². The van der Waals surface area contributed by atoms with Gasteiger partial charge in [-0.05, 0) is 40.8 Å². The van der Waals surface area contributed by atoms with E-state index in [4.69, 9.17) is 0 Å². The third kappa shape index (κ3) is 2.47. The van der Waals surface area contributed by atoms with Crippen LogP contribution in [0.15, 0.2) is 30.6 Å². The van der Waals surface area contributed by atoms with Gasteiger partial charge in [0.15, 0.2) is 0 Å². The Labute approximate surface area is 110 Å². The molecular weight excluding hydrogens is 242 g/mol. The van der Waals surface area contributed by atoms with Crippen molar-refractivity contribution >= 4 is 5.91 Å². The van der Waals surface area contributed by atoms with Crippen molar-refractivity contribution in [3.05, 3.63) is 36.2 Å². The number of nitrogens with one attached hydrogen (secondary N) is 1. The van der Waals surface area contributed by atoms with Crippen molar-refractivity contribution in [2.45, 2.75) is 13.3 Å². The minimum Gasteiger partial charge on any atom is -0.352 e. The molecule has 0 spiro atoms. The van der Waals surface area contributed by atoms with E-state index in [-0.39, 0.29) is 5.91 Å². The van der Waals surface area contributed by atoms with E-state index in [1.165, 1.54) is 17.4 Å². The van der Waals surface area contributed by atoms with Gasteiger partial charge in [0.25, 0.3) is 5.91 Å². The predicted octanol–water partition coefficient (Wildman–Crippen LogP) is 1.05. The zero-order chi connectivity index (χ0) is 13.2. The van der Waals surface area contributed by atoms with Gasteiger partial charge in [0.1, 0.15) is 6.33 Å². The third-order valence-electron chi connectivity index (χ3n) is 3.55. The van der Waals surface area contributed by atoms with Crippen LogP contribution in [-0.4, -0.2) is 32.7 Å². The number of carbonyl (C=O) groups is 1. The molecule has 3 rings (SSSR count). The number of aromatic nitrogens is 4. The summed E-state index contributed by atoms with van der Waals surface area (Å²) in [5.41, 5.74) is 1.27. The summed E-state index contributed by atoms with van der Waals surface area (Å²) in [6.45, 7) is 2.94. The number of benzene rings is 1. The molecule has 1 heterocycles. The smallest absolute Gasteiger partial charge is 0.253 e. The summed E-state index contributed by atoms with van der Waals surface area (Å²) in [6.07, 6.45) is 2.68. The molecule has 1 aliphatic carbocycles. The van der Waals surface area contributed by atoms with Crippen molar-refractivity contribution in [3.63, 3.8) is 0 Å². The first-order valence-electron chi connectivity index (χ1n) is 6.36. The van der Waals surface area contributed by atoms with Crippen molar-refractivity contribution in [2.75, 3.05) is 6.54 Å². The lowest BCUT2D eigenvalue weighted by molar-refractivity contribution is 0.0951. The Bertz CT molecular complexity index is 580. The van der Waals surface area contributed by atoms with Gasteiger partial charge in [-0.15, -0.1) is 5.10 Å². The van der Waals surface area contributed by atoms with Crippen LogP contribution in [0.5, 0.6) is 0 Å². The number of rotatable bonds is 4. The van der Waals surface area contributed by atoms with E-state index in [0.29, 0.717) is 17.2 Å². The zero-order valence-corrected chi connectivity index (χ0v) is 10.7. The topological polar surface area (TPSA) is 72.7 Å². The highest BCUT2D eigenvalue weighted by atomic mass is 16.1. The summed E-state index contributed by atoms with van der Waals surface area (Å²) in [7, 11) is 0. The van der Waals surface area contributed by atoms with Crippen molar-refractivity contribution in [1.82, 2.24) is 25.5 Å². The molecule has 0 saturated heterocycles. The van der Waals surface area contributed by atoms with Gasteiger partial charge in [-0.25, -0.2) is 0 Å². The molecule has 1 amide bonds. The highest BCUT2D eigenvalue weighted by molar-refractivity contribution is 5.97. The molecule has 2 aromatic rings. The average molecular weight is 257 g/mol. The van der Waals surface area contributed by atoms with Crippen LogP contribution in [0, 0.1) is 11.8 Å². The molecule has 19 heavy (non-hydrogen) atoms. The SMILES string of the molecule is C[C@H]1C[C@@H]1CNC(=O)c1ccccc1-n1cnnn1. The molecule has 1 N–H and O–H groups in total. The van der Waals surface area contributed by atoms with Gasteiger partial charge in [-0.1, -0.05) is 19.1 Å². The zero-order valence-electron chi connectivity index (χ0n) is 10.7. The number of hydrogen-bond acceptors (Lipinski definition) is 4. The Kier molecular flexibility index (Phi) is 2.98. The van der Waals surface area contributed by atoms with Crippen LogP contribution < -0.4 is 5.32 Å². The number of hydrogen-bond donors (Lipinski definition) is 1. The van der Waals surface area contributed by atoms with Gasteiger partial charge in [0.2, 0.25) is 0 Å². The predicted molar refractivity (Wildman–Crippen MR) is 68.8 cm³/mol. The number of carbonyl (C=O) groups excluding carboxylic acids is 1. The second-order valence-corrected chi connectivity index (χ2v) is 4.95. The van der Waals surface area contributed by atoms with Gasteiger partial charge in [0, 0.05) is 6.54 Å². The van der Waals surface area contributed by atoms with Gasteiger partial charge < -0.3 is 5.32 Å². The van der Waals surface area contributed by atoms with Crippen LogP contribution in [0.4, 0.5) is 0 Å². The van der Waals surface area contributed by atoms with E-state index in [1.807, 2.05) is 18.2 Å². The van der Waals surface area contributed by atoms with E-state index < -0.39 is 0 Å². The lowest BCUT2D eigenvalue weighted by Gasteiger charge is -2.08. The lowest BCUT2D eigenvalue weighted by atomic mass is 10.1. The van der Waals surface area contributed by atoms with E-state index >= 15 is 0 Å². The van der Waals surface area contributed by atoms with Crippen molar-refractivity contribution in [2.24, 2.45) is 11.8 Å². The Balaban J connectivity index is 1.78. The molecule has 1 fully saturated rings. The molecule has 6 nitrogen and oxygen atoms in total. The molecule has 0 radical (unpaired) electrons. The van der Waals surface area contributed by atoms with E-state index in [1.54, 1.807) is 6.07 Å². The fourth-order valence-corrected chi connectivity index (χ4v) is 2.14. The third-order valence-corrected chi connectivity index (χ3v) is 3.55. The summed E-state index contributed by atoms with van der Waals surface area (Å²) in [4.78, 5) is 12.2. The molecule has 1 aromatic carbocycles. The Morgan fingerprint density at radius 1 is 1.47 bits per heavy atom. The Morgan fingerprint density at radius 3 is 2.95 bits per heavy atom. The molecule has 0 unspecified atom stereocenters. The number of para-hydroxylation sites is 1. The van der Waals surface area contributed by atoms with Crippen LogP contribution in [0.25, 0.3) is 5.69 Å². The fraction of sp³-hybridized carbons (Fsp3) is 0.385. The summed E-state index contributed by atoms with van der Waals surface area (Å²) in [5, 5.41) is 14.0. The number of nitrogens with zero attached hydrogens (tertiary/aromatic N) is 4. The first-order valence-corrected chi connectivity index (χ1v) is 6.36. The van der Waals surface area contributed by atoms with Crippen molar-refractivity contribution in [3.8, 4) is 5.69 Å². The maximum absolute atomic E-state index is 12.2. The molecular formula is C13H15N5O. The molecule has 1 aliphatic rings. The minimum absolute atomic E-state index is 0.0785. The monoisotopic (exact) mass is 257 g/mol. The first-order chi connectivity index (χ1) is 9.25. The van der Waals surface area contributed by atoms with Crippen molar-refractivity contribution in [1.29, 1.82) is 0 Å². The van der Waals surface area contributed by atoms with Crippen LogP contribution in [0.1, 0.15) is 23.7 Å². The highest BCUT2D eigenvalue weighted by Crippen LogP contribution is 2.36. The molecule has 0 bridgehead atoms. The normalized spacial score (nSPS) is 21.1. The standard InChI is InChI=1S/C13H15N5O/c1-9-6-10(9)7-14-13(19)11-4-2-3-5-12(11)18-8-15-16-17-18/h2-5,8-10H,6-7H2,1H3,(H,14,19)/t9-,10+/m0/s1. The Hall–Kier alpha value is -2.24. The molecule has 6 heteroatoms.